The van der Waals surface area contributed by atoms with Crippen LogP contribution in [0.2, 0.25) is 5.02 Å². The maximum Gasteiger partial charge on any atom is 0.255 e. The van der Waals surface area contributed by atoms with E-state index in [2.05, 4.69) is 20.6 Å². The highest BCUT2D eigenvalue weighted by molar-refractivity contribution is 6.37. The number of hydrogen-bond acceptors (Lipinski definition) is 5. The Bertz CT molecular complexity index is 1110. The smallest absolute Gasteiger partial charge is 0.255 e. The Morgan fingerprint density at radius 3 is 2.45 bits per heavy atom. The first-order valence-corrected chi connectivity index (χ1v) is 10.2. The zero-order valence-electron chi connectivity index (χ0n) is 16.9. The SMILES string of the molecule is Bc1ccc(Oc2ccc(CNC(=O)C3(NC(=O)c4cncnc4)CC3)cc2)c(Cl)c1. The van der Waals surface area contributed by atoms with Gasteiger partial charge in [0.2, 0.25) is 5.91 Å². The van der Waals surface area contributed by atoms with Crippen LogP contribution in [-0.2, 0) is 11.3 Å². The van der Waals surface area contributed by atoms with E-state index in [9.17, 15) is 9.59 Å². The number of nitrogens with one attached hydrogen (secondary N) is 2. The van der Waals surface area contributed by atoms with Crippen molar-refractivity contribution in [1.29, 1.82) is 0 Å². The average molecular weight is 435 g/mol. The zero-order chi connectivity index (χ0) is 21.8. The van der Waals surface area contributed by atoms with Gasteiger partial charge in [-0.2, -0.15) is 0 Å². The Morgan fingerprint density at radius 1 is 1.10 bits per heavy atom. The summed E-state index contributed by atoms with van der Waals surface area (Å²) in [6, 6.07) is 13.0. The summed E-state index contributed by atoms with van der Waals surface area (Å²) < 4.78 is 5.82. The highest BCUT2D eigenvalue weighted by Gasteiger charge is 2.51. The maximum atomic E-state index is 12.6. The van der Waals surface area contributed by atoms with Gasteiger partial charge in [0.05, 0.1) is 10.6 Å². The number of rotatable bonds is 7. The van der Waals surface area contributed by atoms with Crippen LogP contribution < -0.4 is 20.8 Å². The highest BCUT2D eigenvalue weighted by atomic mass is 35.5. The van der Waals surface area contributed by atoms with E-state index in [-0.39, 0.29) is 11.8 Å². The van der Waals surface area contributed by atoms with E-state index in [1.165, 1.54) is 18.7 Å². The van der Waals surface area contributed by atoms with E-state index in [4.69, 9.17) is 16.3 Å². The number of nitrogens with zero attached hydrogens (tertiary/aromatic N) is 2. The molecular formula is C22H20BClN4O3. The number of benzene rings is 2. The largest absolute Gasteiger partial charge is 0.456 e. The Morgan fingerprint density at radius 2 is 1.81 bits per heavy atom. The van der Waals surface area contributed by atoms with E-state index < -0.39 is 5.54 Å². The topological polar surface area (TPSA) is 93.2 Å². The summed E-state index contributed by atoms with van der Waals surface area (Å²) >= 11 is 6.21. The standard InChI is InChI=1S/C22H20BClN4O3/c23-16-3-6-19(18(24)9-16)31-17-4-1-14(2-5-17)10-27-21(30)22(7-8-22)28-20(29)15-11-25-13-26-12-15/h1-6,9,11-13H,7-8,10,23H2,(H,27,30)(H,28,29). The second-order valence-corrected chi connectivity index (χ2v) is 7.93. The maximum absolute atomic E-state index is 12.6. The molecule has 3 aromatic rings. The van der Waals surface area contributed by atoms with Gasteiger partial charge in [-0.25, -0.2) is 9.97 Å². The Kier molecular flexibility index (Phi) is 5.91. The summed E-state index contributed by atoms with van der Waals surface area (Å²) in [7, 11) is 1.96. The van der Waals surface area contributed by atoms with E-state index >= 15 is 0 Å². The van der Waals surface area contributed by atoms with Crippen LogP contribution in [0.3, 0.4) is 0 Å². The van der Waals surface area contributed by atoms with E-state index in [1.54, 1.807) is 0 Å². The summed E-state index contributed by atoms with van der Waals surface area (Å²) in [6.07, 6.45) is 5.39. The summed E-state index contributed by atoms with van der Waals surface area (Å²) in [5.74, 6) is 0.675. The van der Waals surface area contributed by atoms with Gasteiger partial charge in [-0.1, -0.05) is 35.3 Å². The molecule has 0 radical (unpaired) electrons. The molecule has 0 saturated heterocycles. The number of aromatic nitrogens is 2. The predicted octanol–water partition coefficient (Wildman–Crippen LogP) is 1.76. The fourth-order valence-corrected chi connectivity index (χ4v) is 3.36. The normalized spacial score (nSPS) is 13.8. The number of amides is 2. The van der Waals surface area contributed by atoms with Crippen molar-refractivity contribution in [1.82, 2.24) is 20.6 Å². The predicted molar refractivity (Wildman–Crippen MR) is 119 cm³/mol. The summed E-state index contributed by atoms with van der Waals surface area (Å²) in [5.41, 5.74) is 1.43. The molecule has 4 rings (SSSR count). The lowest BCUT2D eigenvalue weighted by atomic mass is 9.97. The number of ether oxygens (including phenoxy) is 1. The van der Waals surface area contributed by atoms with Gasteiger partial charge in [0.25, 0.3) is 5.91 Å². The molecule has 0 unspecified atom stereocenters. The van der Waals surface area contributed by atoms with Gasteiger partial charge in [-0.05, 0) is 42.7 Å². The van der Waals surface area contributed by atoms with Gasteiger partial charge in [0.15, 0.2) is 0 Å². The molecule has 7 nitrogen and oxygen atoms in total. The number of hydrogen-bond donors (Lipinski definition) is 2. The van der Waals surface area contributed by atoms with Crippen molar-refractivity contribution in [3.05, 3.63) is 77.3 Å². The van der Waals surface area contributed by atoms with Crippen LogP contribution >= 0.6 is 11.6 Å². The monoisotopic (exact) mass is 434 g/mol. The van der Waals surface area contributed by atoms with Crippen molar-refractivity contribution >= 4 is 36.7 Å². The Balaban J connectivity index is 1.31. The molecule has 2 amide bonds. The van der Waals surface area contributed by atoms with Crippen molar-refractivity contribution in [2.45, 2.75) is 24.9 Å². The average Bonchev–Trinajstić information content (AvgIpc) is 3.56. The first-order chi connectivity index (χ1) is 14.9. The Hall–Kier alpha value is -3.39. The molecule has 1 aromatic heterocycles. The highest BCUT2D eigenvalue weighted by Crippen LogP contribution is 2.36. The van der Waals surface area contributed by atoms with E-state index in [0.29, 0.717) is 41.5 Å². The molecule has 0 spiro atoms. The van der Waals surface area contributed by atoms with Crippen LogP contribution in [0.25, 0.3) is 0 Å². The van der Waals surface area contributed by atoms with Gasteiger partial charge >= 0.3 is 0 Å². The van der Waals surface area contributed by atoms with Crippen molar-refractivity contribution in [3.8, 4) is 11.5 Å². The van der Waals surface area contributed by atoms with Gasteiger partial charge in [0.1, 0.15) is 31.2 Å². The molecule has 2 aromatic carbocycles. The van der Waals surface area contributed by atoms with Crippen LogP contribution in [0.4, 0.5) is 0 Å². The van der Waals surface area contributed by atoms with Gasteiger partial charge in [-0.3, -0.25) is 9.59 Å². The lowest BCUT2D eigenvalue weighted by Crippen LogP contribution is -2.48. The fraction of sp³-hybridized carbons (Fsp3) is 0.182. The van der Waals surface area contributed by atoms with E-state index in [1.807, 2.05) is 50.3 Å². The molecule has 0 atom stereocenters. The lowest BCUT2D eigenvalue weighted by Gasteiger charge is -2.17. The quantitative estimate of drug-likeness (QED) is 0.553. The van der Waals surface area contributed by atoms with Crippen LogP contribution in [0.15, 0.2) is 61.2 Å². The molecule has 1 aliphatic rings. The number of carbonyl (C=O) groups excluding carboxylic acids is 2. The molecule has 156 valence electrons. The van der Waals surface area contributed by atoms with Crippen LogP contribution in [0, 0.1) is 0 Å². The summed E-state index contributed by atoms with van der Waals surface area (Å²) in [4.78, 5) is 32.6. The van der Waals surface area contributed by atoms with Crippen molar-refractivity contribution in [2.24, 2.45) is 0 Å². The van der Waals surface area contributed by atoms with Crippen LogP contribution in [-0.4, -0.2) is 35.2 Å². The molecule has 0 aliphatic heterocycles. The van der Waals surface area contributed by atoms with Gasteiger partial charge in [0, 0.05) is 18.9 Å². The third-order valence-corrected chi connectivity index (χ3v) is 5.35. The summed E-state index contributed by atoms with van der Waals surface area (Å²) in [6.45, 7) is 0.344. The molecule has 9 heteroatoms. The second-order valence-electron chi connectivity index (χ2n) is 7.53. The molecule has 1 fully saturated rings. The molecule has 0 bridgehead atoms. The number of halogens is 1. The van der Waals surface area contributed by atoms with Gasteiger partial charge in [-0.15, -0.1) is 0 Å². The zero-order valence-corrected chi connectivity index (χ0v) is 17.6. The third kappa shape index (κ3) is 5.03. The molecule has 1 aliphatic carbocycles. The minimum absolute atomic E-state index is 0.204. The van der Waals surface area contributed by atoms with Crippen molar-refractivity contribution in [3.63, 3.8) is 0 Å². The second kappa shape index (κ2) is 8.77. The third-order valence-electron chi connectivity index (χ3n) is 5.05. The molecular weight excluding hydrogens is 415 g/mol. The van der Waals surface area contributed by atoms with Gasteiger partial charge < -0.3 is 15.4 Å². The van der Waals surface area contributed by atoms with Crippen LogP contribution in [0.5, 0.6) is 11.5 Å². The molecule has 2 N–H and O–H groups in total. The molecule has 1 saturated carbocycles. The fourth-order valence-electron chi connectivity index (χ4n) is 3.08. The minimum atomic E-state index is -0.863. The molecule has 1 heterocycles. The van der Waals surface area contributed by atoms with E-state index in [0.717, 1.165) is 11.0 Å². The first kappa shape index (κ1) is 20.9. The lowest BCUT2D eigenvalue weighted by molar-refractivity contribution is -0.124. The van der Waals surface area contributed by atoms with Crippen LogP contribution in [0.1, 0.15) is 28.8 Å². The minimum Gasteiger partial charge on any atom is -0.456 e. The molecule has 31 heavy (non-hydrogen) atoms. The van der Waals surface area contributed by atoms with Crippen molar-refractivity contribution in [2.75, 3.05) is 0 Å². The first-order valence-electron chi connectivity index (χ1n) is 9.84. The summed E-state index contributed by atoms with van der Waals surface area (Å²) in [5, 5.41) is 6.25. The van der Waals surface area contributed by atoms with Crippen molar-refractivity contribution < 1.29 is 14.3 Å². The Labute approximate surface area is 185 Å². The number of carbonyl (C=O) groups is 2.